The van der Waals surface area contributed by atoms with Crippen LogP contribution < -0.4 is 15.0 Å². The topological polar surface area (TPSA) is 104 Å². The van der Waals surface area contributed by atoms with Gasteiger partial charge in [-0.25, -0.2) is 4.98 Å². The van der Waals surface area contributed by atoms with Gasteiger partial charge in [-0.1, -0.05) is 110 Å². The summed E-state index contributed by atoms with van der Waals surface area (Å²) in [7, 11) is 0. The number of amides is 1. The van der Waals surface area contributed by atoms with E-state index in [1.54, 1.807) is 0 Å². The SMILES string of the molecule is CCCCOc1ccc(N=Nc2sc(/N=N/c3ccc(N(CC(CC)CC)CC(CC)CC)cc3NC(=O)c3ccccc3)nc2C(C)C)cc1. The van der Waals surface area contributed by atoms with E-state index in [1.807, 2.05) is 66.7 Å². The highest BCUT2D eigenvalue weighted by atomic mass is 32.1. The zero-order chi connectivity index (χ0) is 36.6. The summed E-state index contributed by atoms with van der Waals surface area (Å²) in [4.78, 5) is 20.7. The Morgan fingerprint density at radius 2 is 1.49 bits per heavy atom. The predicted molar refractivity (Wildman–Crippen MR) is 213 cm³/mol. The number of ether oxygens (including phenoxy) is 1. The van der Waals surface area contributed by atoms with E-state index in [1.165, 1.54) is 11.3 Å². The zero-order valence-corrected chi connectivity index (χ0v) is 32.2. The number of anilines is 2. The second-order valence-corrected chi connectivity index (χ2v) is 14.2. The van der Waals surface area contributed by atoms with Crippen LogP contribution in [0.3, 0.4) is 0 Å². The fraction of sp³-hybridized carbons (Fsp3) is 0.463. The van der Waals surface area contributed by atoms with E-state index in [0.717, 1.165) is 74.4 Å². The van der Waals surface area contributed by atoms with Gasteiger partial charge in [-0.3, -0.25) is 4.79 Å². The smallest absolute Gasteiger partial charge is 0.255 e. The molecule has 0 atom stereocenters. The summed E-state index contributed by atoms with van der Waals surface area (Å²) in [5, 5.41) is 22.5. The van der Waals surface area contributed by atoms with Gasteiger partial charge in [0.2, 0.25) is 5.13 Å². The summed E-state index contributed by atoms with van der Waals surface area (Å²) in [6.07, 6.45) is 6.59. The molecule has 0 unspecified atom stereocenters. The number of hydrogen-bond acceptors (Lipinski definition) is 9. The molecule has 3 aromatic carbocycles. The van der Waals surface area contributed by atoms with Crippen molar-refractivity contribution in [3.05, 3.63) is 84.1 Å². The van der Waals surface area contributed by atoms with Gasteiger partial charge in [-0.2, -0.15) is 0 Å². The molecule has 272 valence electrons. The molecule has 1 N–H and O–H groups in total. The molecule has 10 heteroatoms. The molecule has 0 saturated heterocycles. The van der Waals surface area contributed by atoms with Crippen LogP contribution in [0.15, 0.2) is 93.3 Å². The van der Waals surface area contributed by atoms with Crippen molar-refractivity contribution in [3.8, 4) is 5.75 Å². The highest BCUT2D eigenvalue weighted by molar-refractivity contribution is 7.19. The quantitative estimate of drug-likeness (QED) is 0.0728. The van der Waals surface area contributed by atoms with Crippen LogP contribution in [-0.4, -0.2) is 30.6 Å². The van der Waals surface area contributed by atoms with E-state index in [9.17, 15) is 4.79 Å². The Morgan fingerprint density at radius 3 is 2.10 bits per heavy atom. The van der Waals surface area contributed by atoms with Crippen molar-refractivity contribution in [1.82, 2.24) is 4.98 Å². The van der Waals surface area contributed by atoms with Crippen molar-refractivity contribution in [2.45, 2.75) is 92.9 Å². The highest BCUT2D eigenvalue weighted by Gasteiger charge is 2.19. The van der Waals surface area contributed by atoms with Crippen LogP contribution in [0.5, 0.6) is 5.75 Å². The van der Waals surface area contributed by atoms with Crippen molar-refractivity contribution in [2.24, 2.45) is 32.3 Å². The minimum Gasteiger partial charge on any atom is -0.494 e. The van der Waals surface area contributed by atoms with E-state index in [-0.39, 0.29) is 11.8 Å². The molecule has 1 aromatic heterocycles. The molecule has 0 fully saturated rings. The van der Waals surface area contributed by atoms with E-state index in [0.29, 0.717) is 45.5 Å². The average Bonchev–Trinajstić information content (AvgIpc) is 3.58. The molecule has 9 nitrogen and oxygen atoms in total. The molecule has 51 heavy (non-hydrogen) atoms. The van der Waals surface area contributed by atoms with E-state index in [4.69, 9.17) is 9.72 Å². The number of carbonyl (C=O) groups excluding carboxylic acids is 1. The molecule has 0 aliphatic carbocycles. The summed E-state index contributed by atoms with van der Waals surface area (Å²) >= 11 is 1.34. The molecule has 0 aliphatic rings. The zero-order valence-electron chi connectivity index (χ0n) is 31.4. The third-order valence-electron chi connectivity index (χ3n) is 9.17. The largest absolute Gasteiger partial charge is 0.494 e. The summed E-state index contributed by atoms with van der Waals surface area (Å²) in [6.45, 7) is 18.0. The number of thiazole rings is 1. The molecule has 0 spiro atoms. The van der Waals surface area contributed by atoms with E-state index >= 15 is 0 Å². The molecule has 0 saturated carbocycles. The first-order valence-electron chi connectivity index (χ1n) is 18.6. The number of nitrogens with one attached hydrogen (secondary N) is 1. The van der Waals surface area contributed by atoms with Gasteiger partial charge in [0.05, 0.1) is 23.7 Å². The minimum atomic E-state index is -0.199. The standard InChI is InChI=1S/C41H55N7O2S/c1-8-13-25-50-35-22-19-33(20-23-35)44-46-40-38(29(6)7)43-41(51-40)47-45-36-24-21-34(26-37(36)42-39(49)32-17-15-14-16-18-32)48(27-30(9-2)10-3)28-31(11-4)12-5/h14-24,26,29-31H,8-13,25,27-28H2,1-7H3,(H,42,49)/b46-44?,47-45+. The molecule has 4 aromatic rings. The fourth-order valence-corrected chi connectivity index (χ4v) is 6.51. The number of carbonyl (C=O) groups is 1. The number of nitrogens with zero attached hydrogens (tertiary/aromatic N) is 6. The van der Waals surface area contributed by atoms with Crippen LogP contribution in [0.4, 0.5) is 32.9 Å². The Bertz CT molecular complexity index is 1680. The van der Waals surface area contributed by atoms with Crippen molar-refractivity contribution in [1.29, 1.82) is 0 Å². The van der Waals surface area contributed by atoms with Gasteiger partial charge in [0.15, 0.2) is 5.00 Å². The lowest BCUT2D eigenvalue weighted by atomic mass is 9.99. The van der Waals surface area contributed by atoms with Crippen molar-refractivity contribution < 1.29 is 9.53 Å². The summed E-state index contributed by atoms with van der Waals surface area (Å²) in [5.74, 6) is 1.90. The van der Waals surface area contributed by atoms with Crippen LogP contribution in [0.2, 0.25) is 0 Å². The maximum atomic E-state index is 13.4. The normalized spacial score (nSPS) is 11.8. The van der Waals surface area contributed by atoms with Crippen LogP contribution in [0, 0.1) is 11.8 Å². The molecule has 4 rings (SSSR count). The van der Waals surface area contributed by atoms with Gasteiger partial charge in [-0.05, 0) is 78.8 Å². The first-order chi connectivity index (χ1) is 24.8. The van der Waals surface area contributed by atoms with Crippen LogP contribution in [0.25, 0.3) is 0 Å². The maximum absolute atomic E-state index is 13.4. The lowest BCUT2D eigenvalue weighted by Gasteiger charge is -2.32. The Balaban J connectivity index is 1.64. The predicted octanol–water partition coefficient (Wildman–Crippen LogP) is 13.2. The first kappa shape index (κ1) is 39.3. The molecule has 0 bridgehead atoms. The van der Waals surface area contributed by atoms with Gasteiger partial charge < -0.3 is 15.0 Å². The molecule has 1 heterocycles. The summed E-state index contributed by atoms with van der Waals surface area (Å²) in [5.41, 5.74) is 4.34. The number of hydrogen-bond donors (Lipinski definition) is 1. The van der Waals surface area contributed by atoms with Gasteiger partial charge in [0.1, 0.15) is 11.4 Å². The Hall–Kier alpha value is -4.44. The van der Waals surface area contributed by atoms with Gasteiger partial charge in [0, 0.05) is 24.3 Å². The molecule has 0 radical (unpaired) electrons. The molecular formula is C41H55N7O2S. The average molecular weight is 710 g/mol. The lowest BCUT2D eigenvalue weighted by molar-refractivity contribution is 0.102. The second-order valence-electron chi connectivity index (χ2n) is 13.2. The van der Waals surface area contributed by atoms with Crippen molar-refractivity contribution >= 4 is 50.1 Å². The highest BCUT2D eigenvalue weighted by Crippen LogP contribution is 2.40. The van der Waals surface area contributed by atoms with Gasteiger partial charge in [0.25, 0.3) is 5.91 Å². The van der Waals surface area contributed by atoms with Gasteiger partial charge >= 0.3 is 0 Å². The summed E-state index contributed by atoms with van der Waals surface area (Å²) < 4.78 is 5.77. The minimum absolute atomic E-state index is 0.115. The number of unbranched alkanes of at least 4 members (excludes halogenated alkanes) is 1. The summed E-state index contributed by atoms with van der Waals surface area (Å²) in [6, 6.07) is 22.9. The monoisotopic (exact) mass is 709 g/mol. The molecule has 1 amide bonds. The number of azo groups is 2. The third kappa shape index (κ3) is 11.8. The van der Waals surface area contributed by atoms with Crippen LogP contribution >= 0.6 is 11.3 Å². The van der Waals surface area contributed by atoms with Crippen molar-refractivity contribution in [3.63, 3.8) is 0 Å². The van der Waals surface area contributed by atoms with Gasteiger partial charge in [-0.15, -0.1) is 20.5 Å². The number of aromatic nitrogens is 1. The van der Waals surface area contributed by atoms with Crippen molar-refractivity contribution in [2.75, 3.05) is 29.9 Å². The Morgan fingerprint density at radius 1 is 0.824 bits per heavy atom. The van der Waals surface area contributed by atoms with Crippen LogP contribution in [0.1, 0.15) is 109 Å². The Kier molecular flexibility index (Phi) is 15.8. The number of rotatable bonds is 20. The first-order valence-corrected chi connectivity index (χ1v) is 19.4. The maximum Gasteiger partial charge on any atom is 0.255 e. The number of benzene rings is 3. The third-order valence-corrected chi connectivity index (χ3v) is 10.0. The fourth-order valence-electron chi connectivity index (χ4n) is 5.64. The van der Waals surface area contributed by atoms with Crippen LogP contribution in [-0.2, 0) is 0 Å². The lowest BCUT2D eigenvalue weighted by Crippen LogP contribution is -2.33. The molecule has 0 aliphatic heterocycles. The van der Waals surface area contributed by atoms with E-state index < -0.39 is 0 Å². The molecular weight excluding hydrogens is 655 g/mol. The Labute approximate surface area is 308 Å². The van der Waals surface area contributed by atoms with E-state index in [2.05, 4.69) is 85.2 Å². The second kappa shape index (κ2) is 20.4.